The Labute approximate surface area is 155 Å². The zero-order chi connectivity index (χ0) is 18.8. The number of anilines is 2. The molecule has 3 aromatic rings. The molecule has 1 aliphatic heterocycles. The van der Waals surface area contributed by atoms with Gasteiger partial charge in [0.25, 0.3) is 0 Å². The number of halogens is 1. The third-order valence-corrected chi connectivity index (χ3v) is 4.76. The monoisotopic (exact) mass is 369 g/mol. The van der Waals surface area contributed by atoms with Gasteiger partial charge in [0.15, 0.2) is 0 Å². The molecule has 1 saturated heterocycles. The average Bonchev–Trinajstić information content (AvgIpc) is 3.28. The Morgan fingerprint density at radius 3 is 3.11 bits per heavy atom. The summed E-state index contributed by atoms with van der Waals surface area (Å²) in [7, 11) is 1.70. The van der Waals surface area contributed by atoms with Crippen LogP contribution in [0.4, 0.5) is 20.7 Å². The van der Waals surface area contributed by atoms with Crippen LogP contribution in [0.25, 0.3) is 11.0 Å². The second-order valence-electron chi connectivity index (χ2n) is 6.69. The molecule has 2 aromatic heterocycles. The molecule has 0 aliphatic carbocycles. The van der Waals surface area contributed by atoms with Crippen molar-refractivity contribution in [1.29, 1.82) is 0 Å². The third-order valence-electron chi connectivity index (χ3n) is 4.76. The van der Waals surface area contributed by atoms with E-state index in [2.05, 4.69) is 15.3 Å². The highest BCUT2D eigenvalue weighted by molar-refractivity contribution is 5.92. The van der Waals surface area contributed by atoms with E-state index >= 15 is 0 Å². The van der Waals surface area contributed by atoms with Crippen LogP contribution in [0.2, 0.25) is 0 Å². The lowest BCUT2D eigenvalue weighted by atomic mass is 10.2. The number of carbonyl (C=O) groups excluding carboxylic acids is 1. The van der Waals surface area contributed by atoms with Crippen molar-refractivity contribution in [1.82, 2.24) is 14.9 Å². The number of likely N-dealkylation sites (N-methyl/N-ethyl adjacent to an activating group) is 1. The van der Waals surface area contributed by atoms with Gasteiger partial charge in [0, 0.05) is 43.4 Å². The van der Waals surface area contributed by atoms with Crippen molar-refractivity contribution in [2.75, 3.05) is 30.4 Å². The number of hydrogen-bond acceptors (Lipinski definition) is 5. The zero-order valence-electron chi connectivity index (χ0n) is 14.9. The van der Waals surface area contributed by atoms with Crippen molar-refractivity contribution in [2.24, 2.45) is 0 Å². The van der Waals surface area contributed by atoms with E-state index < -0.39 is 6.17 Å². The van der Waals surface area contributed by atoms with Gasteiger partial charge in [0.1, 0.15) is 23.9 Å². The van der Waals surface area contributed by atoms with Gasteiger partial charge in [-0.25, -0.2) is 19.2 Å². The number of hydrogen-bond donors (Lipinski definition) is 1. The molecule has 2 atom stereocenters. The van der Waals surface area contributed by atoms with E-state index in [1.165, 1.54) is 6.33 Å². The summed E-state index contributed by atoms with van der Waals surface area (Å²) < 4.78 is 19.4. The number of fused-ring (bicyclic) bond motifs is 1. The molecule has 2 amide bonds. The molecular formula is C19H20FN5O2. The van der Waals surface area contributed by atoms with E-state index in [-0.39, 0.29) is 18.6 Å². The first-order valence-electron chi connectivity index (χ1n) is 8.76. The molecule has 0 unspecified atom stereocenters. The smallest absolute Gasteiger partial charge is 0.321 e. The number of nitrogens with one attached hydrogen (secondary N) is 1. The second kappa shape index (κ2) is 7.22. The van der Waals surface area contributed by atoms with Crippen molar-refractivity contribution in [3.63, 3.8) is 0 Å². The maximum absolute atomic E-state index is 14.0. The number of urea groups is 1. The van der Waals surface area contributed by atoms with Crippen molar-refractivity contribution in [3.8, 4) is 0 Å². The SMILES string of the molecule is CN(C[C@@H]1C[C@H](F)CN1c1ccncn1)C(=O)Nc1ccc2ccoc2c1. The Hall–Kier alpha value is -3.16. The Morgan fingerprint density at radius 1 is 1.41 bits per heavy atom. The Kier molecular flexibility index (Phi) is 4.62. The van der Waals surface area contributed by atoms with E-state index in [1.807, 2.05) is 23.1 Å². The molecule has 7 nitrogen and oxygen atoms in total. The molecule has 140 valence electrons. The first-order valence-corrected chi connectivity index (χ1v) is 8.76. The van der Waals surface area contributed by atoms with E-state index in [1.54, 1.807) is 36.5 Å². The first-order chi connectivity index (χ1) is 13.1. The normalized spacial score (nSPS) is 19.4. The lowest BCUT2D eigenvalue weighted by Crippen LogP contribution is -2.43. The minimum Gasteiger partial charge on any atom is -0.464 e. The number of benzene rings is 1. The van der Waals surface area contributed by atoms with Crippen LogP contribution < -0.4 is 10.2 Å². The molecule has 1 fully saturated rings. The van der Waals surface area contributed by atoms with Crippen LogP contribution >= 0.6 is 0 Å². The summed E-state index contributed by atoms with van der Waals surface area (Å²) in [4.78, 5) is 24.1. The molecule has 0 bridgehead atoms. The number of nitrogens with zero attached hydrogens (tertiary/aromatic N) is 4. The van der Waals surface area contributed by atoms with Gasteiger partial charge in [-0.3, -0.25) is 0 Å². The maximum atomic E-state index is 14.0. The van der Waals surface area contributed by atoms with Crippen molar-refractivity contribution in [3.05, 3.63) is 49.1 Å². The quantitative estimate of drug-likeness (QED) is 0.764. The van der Waals surface area contributed by atoms with Gasteiger partial charge in [-0.1, -0.05) is 0 Å². The highest BCUT2D eigenvalue weighted by Gasteiger charge is 2.34. The summed E-state index contributed by atoms with van der Waals surface area (Å²) in [6.07, 6.45) is 4.10. The molecule has 4 rings (SSSR count). The van der Waals surface area contributed by atoms with Crippen molar-refractivity contribution < 1.29 is 13.6 Å². The molecule has 1 N–H and O–H groups in total. The largest absolute Gasteiger partial charge is 0.464 e. The molecule has 0 spiro atoms. The summed E-state index contributed by atoms with van der Waals surface area (Å²) in [5.41, 5.74) is 1.36. The van der Waals surface area contributed by atoms with Crippen LogP contribution in [0.15, 0.2) is 53.5 Å². The highest BCUT2D eigenvalue weighted by Crippen LogP contribution is 2.26. The van der Waals surface area contributed by atoms with Crippen LogP contribution in [0, 0.1) is 0 Å². The fourth-order valence-corrected chi connectivity index (χ4v) is 3.42. The minimum atomic E-state index is -0.942. The summed E-state index contributed by atoms with van der Waals surface area (Å²) >= 11 is 0. The van der Waals surface area contributed by atoms with E-state index in [0.717, 1.165) is 5.39 Å². The van der Waals surface area contributed by atoms with Crippen LogP contribution in [-0.2, 0) is 0 Å². The van der Waals surface area contributed by atoms with Crippen LogP contribution in [-0.4, -0.2) is 53.2 Å². The van der Waals surface area contributed by atoms with Crippen molar-refractivity contribution >= 4 is 28.5 Å². The summed E-state index contributed by atoms with van der Waals surface area (Å²) in [6.45, 7) is 0.658. The number of carbonyl (C=O) groups is 1. The van der Waals surface area contributed by atoms with E-state index in [4.69, 9.17) is 4.42 Å². The fraction of sp³-hybridized carbons (Fsp3) is 0.316. The molecular weight excluding hydrogens is 349 g/mol. The predicted molar refractivity (Wildman–Crippen MR) is 101 cm³/mol. The summed E-state index contributed by atoms with van der Waals surface area (Å²) in [5, 5.41) is 3.83. The average molecular weight is 369 g/mol. The van der Waals surface area contributed by atoms with Gasteiger partial charge in [0.05, 0.1) is 18.8 Å². The molecule has 3 heterocycles. The van der Waals surface area contributed by atoms with Crippen LogP contribution in [0.5, 0.6) is 0 Å². The van der Waals surface area contributed by atoms with Gasteiger partial charge in [-0.05, 0) is 24.3 Å². The number of alkyl halides is 1. The molecule has 0 saturated carbocycles. The standard InChI is InChI=1S/C19H20FN5O2/c1-24(19(26)23-15-3-2-13-5-7-27-17(13)9-15)11-16-8-14(20)10-25(16)18-4-6-21-12-22-18/h2-7,9,12,14,16H,8,10-11H2,1H3,(H,23,26)/t14-,16-/m0/s1. The maximum Gasteiger partial charge on any atom is 0.321 e. The predicted octanol–water partition coefficient (Wildman–Crippen LogP) is 3.30. The second-order valence-corrected chi connectivity index (χ2v) is 6.69. The number of amides is 2. The van der Waals surface area contributed by atoms with Gasteiger partial charge in [-0.15, -0.1) is 0 Å². The highest BCUT2D eigenvalue weighted by atomic mass is 19.1. The Balaban J connectivity index is 1.42. The number of rotatable bonds is 4. The Morgan fingerprint density at radius 2 is 2.30 bits per heavy atom. The Bertz CT molecular complexity index is 932. The van der Waals surface area contributed by atoms with E-state index in [9.17, 15) is 9.18 Å². The molecule has 1 aliphatic rings. The molecule has 1 aromatic carbocycles. The number of aromatic nitrogens is 2. The van der Waals surface area contributed by atoms with E-state index in [0.29, 0.717) is 30.1 Å². The zero-order valence-corrected chi connectivity index (χ0v) is 14.9. The van der Waals surface area contributed by atoms with Gasteiger partial charge >= 0.3 is 6.03 Å². The van der Waals surface area contributed by atoms with Gasteiger partial charge < -0.3 is 19.5 Å². The fourth-order valence-electron chi connectivity index (χ4n) is 3.42. The lowest BCUT2D eigenvalue weighted by molar-refractivity contribution is 0.218. The van der Waals surface area contributed by atoms with Gasteiger partial charge in [-0.2, -0.15) is 0 Å². The molecule has 27 heavy (non-hydrogen) atoms. The summed E-state index contributed by atoms with van der Waals surface area (Å²) in [6, 6.07) is 8.71. The topological polar surface area (TPSA) is 74.5 Å². The molecule has 0 radical (unpaired) electrons. The van der Waals surface area contributed by atoms with Gasteiger partial charge in [0.2, 0.25) is 0 Å². The lowest BCUT2D eigenvalue weighted by Gasteiger charge is -2.29. The minimum absolute atomic E-state index is 0.141. The third kappa shape index (κ3) is 3.69. The van der Waals surface area contributed by atoms with Crippen LogP contribution in [0.1, 0.15) is 6.42 Å². The van der Waals surface area contributed by atoms with Crippen LogP contribution in [0.3, 0.4) is 0 Å². The summed E-state index contributed by atoms with van der Waals surface area (Å²) in [5.74, 6) is 0.673. The molecule has 8 heteroatoms. The first kappa shape index (κ1) is 17.3. The van der Waals surface area contributed by atoms with Crippen molar-refractivity contribution in [2.45, 2.75) is 18.6 Å². The number of furan rings is 1.